The quantitative estimate of drug-likeness (QED) is 0.561. The van der Waals surface area contributed by atoms with Crippen LogP contribution in [0.4, 0.5) is 0 Å². The minimum absolute atomic E-state index is 0.479. The molecule has 1 heteroatoms. The Bertz CT molecular complexity index is 76.6. The van der Waals surface area contributed by atoms with E-state index in [0.29, 0.717) is 5.92 Å². The fourth-order valence-electron chi connectivity index (χ4n) is 0.680. The predicted octanol–water partition coefficient (Wildman–Crippen LogP) is 2.71. The van der Waals surface area contributed by atoms with Crippen LogP contribution in [0.5, 0.6) is 0 Å². The molecule has 0 saturated carbocycles. The normalized spacial score (nSPS) is 13.8. The lowest BCUT2D eigenvalue weighted by molar-refractivity contribution is 0.518. The van der Waals surface area contributed by atoms with E-state index in [1.54, 1.807) is 0 Å². The molecule has 1 N–H and O–H groups in total. The monoisotopic (exact) mass is 127 g/mol. The number of rotatable bonds is 4. The van der Waals surface area contributed by atoms with Crippen LogP contribution in [-0.2, 0) is 0 Å². The van der Waals surface area contributed by atoms with Gasteiger partial charge in [-0.2, -0.15) is 0 Å². The van der Waals surface area contributed by atoms with Crippen molar-refractivity contribution in [2.45, 2.75) is 33.6 Å². The molecule has 0 aliphatic heterocycles. The molecule has 0 fully saturated rings. The Morgan fingerprint density at radius 2 is 1.78 bits per heavy atom. The summed E-state index contributed by atoms with van der Waals surface area (Å²) in [7, 11) is 0. The average molecular weight is 127 g/mol. The maximum absolute atomic E-state index is 6.93. The lowest BCUT2D eigenvalue weighted by atomic mass is 10.0. The predicted molar refractivity (Wildman–Crippen MR) is 42.0 cm³/mol. The lowest BCUT2D eigenvalue weighted by Crippen LogP contribution is -1.97. The molecule has 0 radical (unpaired) electrons. The van der Waals surface area contributed by atoms with Crippen LogP contribution in [0.25, 0.3) is 0 Å². The molecule has 0 aromatic carbocycles. The van der Waals surface area contributed by atoms with Crippen LogP contribution in [0.3, 0.4) is 0 Å². The summed E-state index contributed by atoms with van der Waals surface area (Å²) in [4.78, 5) is 0. The van der Waals surface area contributed by atoms with E-state index in [-0.39, 0.29) is 0 Å². The molecule has 0 bridgehead atoms. The van der Waals surface area contributed by atoms with Crippen molar-refractivity contribution in [1.29, 1.82) is 5.41 Å². The summed E-state index contributed by atoms with van der Waals surface area (Å²) in [6.07, 6.45) is 3.94. The fraction of sp³-hybridized carbons (Fsp3) is 0.875. The van der Waals surface area contributed by atoms with Crippen molar-refractivity contribution in [2.24, 2.45) is 11.8 Å². The van der Waals surface area contributed by atoms with Gasteiger partial charge in [-0.3, -0.25) is 0 Å². The van der Waals surface area contributed by atoms with Crippen molar-refractivity contribution < 1.29 is 0 Å². The Hall–Kier alpha value is -0.330. The van der Waals surface area contributed by atoms with Crippen molar-refractivity contribution >= 4 is 6.21 Å². The summed E-state index contributed by atoms with van der Waals surface area (Å²) >= 11 is 0. The van der Waals surface area contributed by atoms with Gasteiger partial charge in [0, 0.05) is 0 Å². The summed E-state index contributed by atoms with van der Waals surface area (Å²) < 4.78 is 0. The van der Waals surface area contributed by atoms with Gasteiger partial charge in [-0.05, 0) is 24.5 Å². The molecule has 0 aromatic rings. The second kappa shape index (κ2) is 4.54. The summed E-state index contributed by atoms with van der Waals surface area (Å²) in [5.74, 6) is 1.26. The Kier molecular flexibility index (Phi) is 4.37. The van der Waals surface area contributed by atoms with Gasteiger partial charge in [0.1, 0.15) is 0 Å². The molecular formula is C8H17N. The van der Waals surface area contributed by atoms with Crippen molar-refractivity contribution in [1.82, 2.24) is 0 Å². The van der Waals surface area contributed by atoms with Gasteiger partial charge in [-0.15, -0.1) is 0 Å². The van der Waals surface area contributed by atoms with Crippen molar-refractivity contribution in [3.8, 4) is 0 Å². The number of hydrogen-bond donors (Lipinski definition) is 1. The number of nitrogens with one attached hydrogen (secondary N) is 1. The van der Waals surface area contributed by atoms with Crippen molar-refractivity contribution in [3.05, 3.63) is 0 Å². The molecule has 0 spiro atoms. The molecule has 1 unspecified atom stereocenters. The molecule has 0 aliphatic rings. The second-order valence-electron chi connectivity index (χ2n) is 3.12. The van der Waals surface area contributed by atoms with Crippen LogP contribution in [0.1, 0.15) is 33.6 Å². The first-order valence-electron chi connectivity index (χ1n) is 3.67. The Balaban J connectivity index is 3.16. The van der Waals surface area contributed by atoms with Gasteiger partial charge < -0.3 is 5.41 Å². The van der Waals surface area contributed by atoms with Crippen LogP contribution >= 0.6 is 0 Å². The van der Waals surface area contributed by atoms with E-state index in [1.807, 2.05) is 0 Å². The highest BCUT2D eigenvalue weighted by Crippen LogP contribution is 2.08. The van der Waals surface area contributed by atoms with Crippen molar-refractivity contribution in [3.63, 3.8) is 0 Å². The van der Waals surface area contributed by atoms with E-state index < -0.39 is 0 Å². The highest BCUT2D eigenvalue weighted by molar-refractivity contribution is 5.55. The fourth-order valence-corrected chi connectivity index (χ4v) is 0.680. The largest absolute Gasteiger partial charge is 0.313 e. The summed E-state index contributed by atoms with van der Waals surface area (Å²) in [6.45, 7) is 6.53. The molecule has 1 nitrogen and oxygen atoms in total. The molecule has 0 aliphatic carbocycles. The third-order valence-corrected chi connectivity index (χ3v) is 1.48. The zero-order chi connectivity index (χ0) is 7.28. The smallest absolute Gasteiger partial charge is 0.00195 e. The molecule has 1 atom stereocenters. The SMILES string of the molecule is CC(C)CCC(C)C=N. The zero-order valence-corrected chi connectivity index (χ0v) is 6.65. The van der Waals surface area contributed by atoms with Gasteiger partial charge in [0.15, 0.2) is 0 Å². The zero-order valence-electron chi connectivity index (χ0n) is 6.65. The molecule has 0 aromatic heterocycles. The maximum Gasteiger partial charge on any atom is -0.00195 e. The number of hydrogen-bond acceptors (Lipinski definition) is 1. The molecule has 0 heterocycles. The van der Waals surface area contributed by atoms with E-state index in [0.717, 1.165) is 5.92 Å². The van der Waals surface area contributed by atoms with Gasteiger partial charge in [0.25, 0.3) is 0 Å². The second-order valence-corrected chi connectivity index (χ2v) is 3.12. The van der Waals surface area contributed by atoms with E-state index in [2.05, 4.69) is 20.8 Å². The first-order chi connectivity index (χ1) is 4.16. The first kappa shape index (κ1) is 8.67. The first-order valence-corrected chi connectivity index (χ1v) is 3.67. The lowest BCUT2D eigenvalue weighted by Gasteiger charge is -2.05. The van der Waals surface area contributed by atoms with Gasteiger partial charge >= 0.3 is 0 Å². The minimum atomic E-state index is 0.479. The van der Waals surface area contributed by atoms with E-state index >= 15 is 0 Å². The van der Waals surface area contributed by atoms with Crippen molar-refractivity contribution in [2.75, 3.05) is 0 Å². The van der Waals surface area contributed by atoms with E-state index in [9.17, 15) is 0 Å². The topological polar surface area (TPSA) is 23.9 Å². The van der Waals surface area contributed by atoms with Gasteiger partial charge in [0.05, 0.1) is 0 Å². The van der Waals surface area contributed by atoms with Gasteiger partial charge in [-0.1, -0.05) is 27.2 Å². The molecular weight excluding hydrogens is 110 g/mol. The molecule has 0 saturated heterocycles. The third kappa shape index (κ3) is 5.54. The van der Waals surface area contributed by atoms with Crippen LogP contribution in [0.2, 0.25) is 0 Å². The molecule has 0 rings (SSSR count). The van der Waals surface area contributed by atoms with Gasteiger partial charge in [0.2, 0.25) is 0 Å². The highest BCUT2D eigenvalue weighted by Gasteiger charge is 1.98. The van der Waals surface area contributed by atoms with E-state index in [1.165, 1.54) is 19.1 Å². The van der Waals surface area contributed by atoms with Gasteiger partial charge in [-0.25, -0.2) is 0 Å². The van der Waals surface area contributed by atoms with Crippen LogP contribution in [0, 0.1) is 17.2 Å². The average Bonchev–Trinajstić information content (AvgIpc) is 1.83. The maximum atomic E-state index is 6.93. The minimum Gasteiger partial charge on any atom is -0.313 e. The van der Waals surface area contributed by atoms with E-state index in [4.69, 9.17) is 5.41 Å². The van der Waals surface area contributed by atoms with Crippen LogP contribution in [0.15, 0.2) is 0 Å². The summed E-state index contributed by atoms with van der Waals surface area (Å²) in [5.41, 5.74) is 0. The Labute approximate surface area is 58.0 Å². The Morgan fingerprint density at radius 1 is 1.22 bits per heavy atom. The Morgan fingerprint density at radius 3 is 2.11 bits per heavy atom. The standard InChI is InChI=1S/C8H17N/c1-7(2)4-5-8(3)6-9/h6-9H,4-5H2,1-3H3. The highest BCUT2D eigenvalue weighted by atomic mass is 14.3. The molecule has 54 valence electrons. The summed E-state index contributed by atoms with van der Waals surface area (Å²) in [5, 5.41) is 6.93. The van der Waals surface area contributed by atoms with Crippen LogP contribution < -0.4 is 0 Å². The third-order valence-electron chi connectivity index (χ3n) is 1.48. The van der Waals surface area contributed by atoms with Crippen LogP contribution in [-0.4, -0.2) is 6.21 Å². The molecule has 9 heavy (non-hydrogen) atoms. The molecule has 0 amide bonds. The summed E-state index contributed by atoms with van der Waals surface area (Å²) in [6, 6.07) is 0.